The van der Waals surface area contributed by atoms with E-state index < -0.39 is 11.8 Å². The molecule has 9 heteroatoms. The molecule has 7 nitrogen and oxygen atoms in total. The number of amides is 2. The van der Waals surface area contributed by atoms with E-state index in [9.17, 15) is 14.9 Å². The van der Waals surface area contributed by atoms with Gasteiger partial charge in [0.1, 0.15) is 12.2 Å². The molecule has 0 atom stereocenters. The van der Waals surface area contributed by atoms with Crippen molar-refractivity contribution < 1.29 is 19.1 Å². The predicted octanol–water partition coefficient (Wildman–Crippen LogP) is 6.50. The molecule has 0 aromatic heterocycles. The molecule has 1 heterocycles. The zero-order valence-electron chi connectivity index (χ0n) is 21.8. The number of hydrogen-bond donors (Lipinski definition) is 0. The summed E-state index contributed by atoms with van der Waals surface area (Å²) in [5.74, 6) is -0.145. The highest BCUT2D eigenvalue weighted by atomic mass is 127. The molecule has 0 aliphatic carbocycles. The van der Waals surface area contributed by atoms with Gasteiger partial charge in [0, 0.05) is 5.56 Å². The molecule has 0 saturated carbocycles. The molecular formula is C32H22IN3O4S. The lowest BCUT2D eigenvalue weighted by atomic mass is 10.0. The average Bonchev–Trinajstić information content (AvgIpc) is 2.99. The monoisotopic (exact) mass is 671 g/mol. The largest absolute Gasteiger partial charge is 0.493 e. The van der Waals surface area contributed by atoms with Gasteiger partial charge >= 0.3 is 0 Å². The second-order valence-electron chi connectivity index (χ2n) is 8.88. The minimum Gasteiger partial charge on any atom is -0.493 e. The summed E-state index contributed by atoms with van der Waals surface area (Å²) in [5, 5.41) is 9.47. The van der Waals surface area contributed by atoms with Gasteiger partial charge < -0.3 is 9.47 Å². The molecule has 0 N–H and O–H groups in total. The van der Waals surface area contributed by atoms with Crippen LogP contribution < -0.4 is 19.3 Å². The Morgan fingerprint density at radius 3 is 2.00 bits per heavy atom. The Morgan fingerprint density at radius 1 is 0.878 bits per heavy atom. The Hall–Kier alpha value is -4.53. The number of nitriles is 1. The highest BCUT2D eigenvalue weighted by molar-refractivity contribution is 14.1. The first-order chi connectivity index (χ1) is 19.9. The number of anilines is 2. The average molecular weight is 672 g/mol. The number of methoxy groups -OCH3 is 1. The van der Waals surface area contributed by atoms with Crippen LogP contribution in [0.25, 0.3) is 6.08 Å². The standard InChI is InChI=1S/C32H22IN3O4S/c1-39-28-18-21(17-27(33)29(28)40-20-23-11-9-8-10-22(23)19-34)16-26-30(37)35(24-12-4-2-5-13-24)32(41)36(31(26)38)25-14-6-3-7-15-25/h2-18H,20H2,1H3. The van der Waals surface area contributed by atoms with Crippen LogP contribution in [0.5, 0.6) is 11.5 Å². The maximum Gasteiger partial charge on any atom is 0.270 e. The fraction of sp³-hybridized carbons (Fsp3) is 0.0625. The summed E-state index contributed by atoms with van der Waals surface area (Å²) in [6.45, 7) is 0.170. The number of ether oxygens (including phenoxy) is 2. The smallest absolute Gasteiger partial charge is 0.270 e. The Kier molecular flexibility index (Phi) is 8.42. The zero-order chi connectivity index (χ0) is 28.9. The van der Waals surface area contributed by atoms with E-state index in [-0.39, 0.29) is 17.3 Å². The van der Waals surface area contributed by atoms with Crippen molar-refractivity contribution in [1.29, 1.82) is 5.26 Å². The summed E-state index contributed by atoms with van der Waals surface area (Å²) in [6.07, 6.45) is 1.54. The lowest BCUT2D eigenvalue weighted by Crippen LogP contribution is -2.56. The fourth-order valence-corrected chi connectivity index (χ4v) is 5.53. The number of hydrogen-bond acceptors (Lipinski definition) is 6. The molecule has 1 aliphatic heterocycles. The minimum atomic E-state index is -0.527. The van der Waals surface area contributed by atoms with Gasteiger partial charge in [-0.25, -0.2) is 0 Å². The van der Waals surface area contributed by atoms with E-state index in [1.54, 1.807) is 72.8 Å². The molecule has 202 valence electrons. The minimum absolute atomic E-state index is 0.0548. The molecule has 41 heavy (non-hydrogen) atoms. The zero-order valence-corrected chi connectivity index (χ0v) is 24.8. The number of carbonyl (C=O) groups is 2. The third kappa shape index (κ3) is 5.70. The summed E-state index contributed by atoms with van der Waals surface area (Å²) in [6, 6.07) is 30.9. The first-order valence-corrected chi connectivity index (χ1v) is 13.9. The van der Waals surface area contributed by atoms with Gasteiger partial charge in [0.05, 0.1) is 33.7 Å². The van der Waals surface area contributed by atoms with Crippen molar-refractivity contribution in [1.82, 2.24) is 0 Å². The van der Waals surface area contributed by atoms with Crippen LogP contribution in [0, 0.1) is 14.9 Å². The van der Waals surface area contributed by atoms with Crippen LogP contribution in [-0.2, 0) is 16.2 Å². The van der Waals surface area contributed by atoms with E-state index >= 15 is 0 Å². The number of halogens is 1. The second kappa shape index (κ2) is 12.3. The first kappa shape index (κ1) is 28.0. The molecule has 0 spiro atoms. The Labute approximate surface area is 256 Å². The van der Waals surface area contributed by atoms with E-state index in [1.807, 2.05) is 24.3 Å². The Morgan fingerprint density at radius 2 is 1.44 bits per heavy atom. The van der Waals surface area contributed by atoms with Crippen LogP contribution >= 0.6 is 34.8 Å². The van der Waals surface area contributed by atoms with Crippen LogP contribution in [0.1, 0.15) is 16.7 Å². The molecule has 5 rings (SSSR count). The van der Waals surface area contributed by atoms with Gasteiger partial charge in [0.25, 0.3) is 11.8 Å². The SMILES string of the molecule is COc1cc(C=C2C(=O)N(c3ccccc3)C(=S)N(c3ccccc3)C2=O)cc(I)c1OCc1ccccc1C#N. The van der Waals surface area contributed by atoms with Gasteiger partial charge in [-0.3, -0.25) is 19.4 Å². The summed E-state index contributed by atoms with van der Waals surface area (Å²) >= 11 is 7.79. The maximum atomic E-state index is 13.8. The van der Waals surface area contributed by atoms with Gasteiger partial charge in [-0.1, -0.05) is 54.6 Å². The van der Waals surface area contributed by atoms with Gasteiger partial charge in [-0.2, -0.15) is 5.26 Å². The first-order valence-electron chi connectivity index (χ1n) is 12.5. The van der Waals surface area contributed by atoms with Crippen molar-refractivity contribution >= 4 is 69.2 Å². The van der Waals surface area contributed by atoms with Crippen LogP contribution in [0.15, 0.2) is 103 Å². The fourth-order valence-electron chi connectivity index (χ4n) is 4.37. The summed E-state index contributed by atoms with van der Waals surface area (Å²) in [7, 11) is 1.52. The van der Waals surface area contributed by atoms with Crippen molar-refractivity contribution in [3.05, 3.63) is 123 Å². The van der Waals surface area contributed by atoms with Crippen LogP contribution in [0.2, 0.25) is 0 Å². The Balaban J connectivity index is 1.54. The van der Waals surface area contributed by atoms with Crippen LogP contribution in [0.4, 0.5) is 11.4 Å². The van der Waals surface area contributed by atoms with Crippen molar-refractivity contribution in [2.75, 3.05) is 16.9 Å². The molecule has 1 aliphatic rings. The summed E-state index contributed by atoms with van der Waals surface area (Å²) in [4.78, 5) is 30.3. The Bertz CT molecular complexity index is 1650. The van der Waals surface area contributed by atoms with E-state index in [1.165, 1.54) is 23.0 Å². The van der Waals surface area contributed by atoms with Crippen molar-refractivity contribution in [3.8, 4) is 17.6 Å². The summed E-state index contributed by atoms with van der Waals surface area (Å²) in [5.41, 5.74) is 2.89. The molecular weight excluding hydrogens is 649 g/mol. The predicted molar refractivity (Wildman–Crippen MR) is 170 cm³/mol. The molecule has 4 aromatic rings. The van der Waals surface area contributed by atoms with E-state index in [0.717, 1.165) is 5.56 Å². The van der Waals surface area contributed by atoms with Gasteiger partial charge in [0.15, 0.2) is 16.6 Å². The topological polar surface area (TPSA) is 82.9 Å². The van der Waals surface area contributed by atoms with Gasteiger partial charge in [-0.15, -0.1) is 0 Å². The second-order valence-corrected chi connectivity index (χ2v) is 10.4. The highest BCUT2D eigenvalue weighted by Gasteiger charge is 2.41. The lowest BCUT2D eigenvalue weighted by Gasteiger charge is -2.36. The summed E-state index contributed by atoms with van der Waals surface area (Å²) < 4.78 is 12.4. The molecule has 2 amide bonds. The third-order valence-electron chi connectivity index (χ3n) is 6.35. The maximum absolute atomic E-state index is 13.8. The molecule has 0 radical (unpaired) electrons. The quantitative estimate of drug-likeness (QED) is 0.0967. The number of nitrogens with zero attached hydrogens (tertiary/aromatic N) is 3. The molecule has 0 unspecified atom stereocenters. The third-order valence-corrected chi connectivity index (χ3v) is 7.52. The number of benzene rings is 4. The van der Waals surface area contributed by atoms with Gasteiger partial charge in [0.2, 0.25) is 0 Å². The van der Waals surface area contributed by atoms with Crippen molar-refractivity contribution in [2.24, 2.45) is 0 Å². The molecule has 4 aromatic carbocycles. The molecule has 1 fully saturated rings. The number of carbonyl (C=O) groups excluding carboxylic acids is 2. The van der Waals surface area contributed by atoms with E-state index in [0.29, 0.717) is 37.6 Å². The molecule has 0 bridgehead atoms. The van der Waals surface area contributed by atoms with Crippen LogP contribution in [0.3, 0.4) is 0 Å². The number of para-hydroxylation sites is 2. The van der Waals surface area contributed by atoms with Crippen LogP contribution in [-0.4, -0.2) is 24.0 Å². The normalized spacial score (nSPS) is 13.2. The lowest BCUT2D eigenvalue weighted by molar-refractivity contribution is -0.120. The highest BCUT2D eigenvalue weighted by Crippen LogP contribution is 2.36. The van der Waals surface area contributed by atoms with Crippen molar-refractivity contribution in [2.45, 2.75) is 6.61 Å². The molecule has 1 saturated heterocycles. The van der Waals surface area contributed by atoms with Gasteiger partial charge in [-0.05, 0) is 88.9 Å². The number of thiocarbonyl (C=S) groups is 1. The van der Waals surface area contributed by atoms with E-state index in [4.69, 9.17) is 21.7 Å². The van der Waals surface area contributed by atoms with E-state index in [2.05, 4.69) is 28.7 Å². The number of rotatable bonds is 7. The van der Waals surface area contributed by atoms with Crippen molar-refractivity contribution in [3.63, 3.8) is 0 Å².